The minimum Gasteiger partial charge on any atom is -0.340 e. The minimum atomic E-state index is -4.62. The number of imidazole rings is 1. The molecule has 0 fully saturated rings. The number of halogens is 3. The van der Waals surface area contributed by atoms with E-state index in [0.29, 0.717) is 23.0 Å². The van der Waals surface area contributed by atoms with E-state index in [1.807, 2.05) is 11.5 Å². The van der Waals surface area contributed by atoms with Gasteiger partial charge in [-0.25, -0.2) is 15.0 Å². The van der Waals surface area contributed by atoms with E-state index in [0.717, 1.165) is 18.0 Å². The van der Waals surface area contributed by atoms with Gasteiger partial charge in [-0.2, -0.15) is 13.2 Å². The quantitative estimate of drug-likeness (QED) is 0.459. The van der Waals surface area contributed by atoms with Crippen molar-refractivity contribution in [1.29, 1.82) is 0 Å². The number of hydrogen-bond donors (Lipinski definition) is 2. The summed E-state index contributed by atoms with van der Waals surface area (Å²) >= 11 is 0. The van der Waals surface area contributed by atoms with E-state index in [-0.39, 0.29) is 0 Å². The van der Waals surface area contributed by atoms with Gasteiger partial charge < -0.3 is 10.6 Å². The summed E-state index contributed by atoms with van der Waals surface area (Å²) in [5.41, 5.74) is -0.394. The number of nitrogens with one attached hydrogen (secondary N) is 2. The van der Waals surface area contributed by atoms with Gasteiger partial charge in [0.05, 0.1) is 11.1 Å². The zero-order valence-electron chi connectivity index (χ0n) is 16.8. The standard InChI is InChI=1S/C22H17F3N6O/c1-14-26-10-11-31(14)20-12-19(27-13-28-20)29-15-6-8-16(9-7-15)30-21(32)17-4-2-3-5-18(17)22(23,24)25/h2-13H,1H3,(H,30,32)(H,27,28,29). The molecule has 0 unspecified atom stereocenters. The Bertz CT molecular complexity index is 1250. The van der Waals surface area contributed by atoms with Crippen molar-refractivity contribution >= 4 is 23.1 Å². The van der Waals surface area contributed by atoms with Crippen LogP contribution in [0.15, 0.2) is 73.3 Å². The maximum absolute atomic E-state index is 13.1. The van der Waals surface area contributed by atoms with Crippen molar-refractivity contribution in [1.82, 2.24) is 19.5 Å². The predicted molar refractivity (Wildman–Crippen MR) is 113 cm³/mol. The van der Waals surface area contributed by atoms with Crippen LogP contribution >= 0.6 is 0 Å². The highest BCUT2D eigenvalue weighted by Gasteiger charge is 2.34. The molecule has 4 aromatic rings. The van der Waals surface area contributed by atoms with Gasteiger partial charge in [0.1, 0.15) is 23.8 Å². The Hall–Kier alpha value is -4.21. The molecule has 10 heteroatoms. The van der Waals surface area contributed by atoms with Crippen LogP contribution in [0.5, 0.6) is 0 Å². The first-order chi connectivity index (χ1) is 15.3. The topological polar surface area (TPSA) is 84.7 Å². The lowest BCUT2D eigenvalue weighted by molar-refractivity contribution is -0.137. The maximum atomic E-state index is 13.1. The number of alkyl halides is 3. The van der Waals surface area contributed by atoms with E-state index in [9.17, 15) is 18.0 Å². The van der Waals surface area contributed by atoms with Gasteiger partial charge in [0.15, 0.2) is 0 Å². The Balaban J connectivity index is 1.47. The van der Waals surface area contributed by atoms with E-state index in [1.54, 1.807) is 42.7 Å². The number of carbonyl (C=O) groups excluding carboxylic acids is 1. The molecule has 32 heavy (non-hydrogen) atoms. The molecule has 0 aliphatic carbocycles. The van der Waals surface area contributed by atoms with Gasteiger partial charge in [-0.15, -0.1) is 0 Å². The first-order valence-corrected chi connectivity index (χ1v) is 9.48. The fourth-order valence-corrected chi connectivity index (χ4v) is 3.08. The van der Waals surface area contributed by atoms with Gasteiger partial charge in [-0.1, -0.05) is 12.1 Å². The monoisotopic (exact) mass is 438 g/mol. The minimum absolute atomic E-state index is 0.356. The van der Waals surface area contributed by atoms with Crippen molar-refractivity contribution in [2.75, 3.05) is 10.6 Å². The highest BCUT2D eigenvalue weighted by atomic mass is 19.4. The SMILES string of the molecule is Cc1nccn1-c1cc(Nc2ccc(NC(=O)c3ccccc3C(F)(F)F)cc2)ncn1. The molecule has 2 N–H and O–H groups in total. The Morgan fingerprint density at radius 2 is 1.69 bits per heavy atom. The Kier molecular flexibility index (Phi) is 5.59. The molecular formula is C22H17F3N6O. The first-order valence-electron chi connectivity index (χ1n) is 9.48. The molecule has 0 aliphatic heterocycles. The summed E-state index contributed by atoms with van der Waals surface area (Å²) < 4.78 is 41.2. The number of aromatic nitrogens is 4. The highest BCUT2D eigenvalue weighted by Crippen LogP contribution is 2.32. The van der Waals surface area contributed by atoms with Crippen molar-refractivity contribution in [3.8, 4) is 5.82 Å². The molecule has 0 bridgehead atoms. The Labute approximate surface area is 181 Å². The maximum Gasteiger partial charge on any atom is 0.417 e. The van der Waals surface area contributed by atoms with Crippen LogP contribution in [0.2, 0.25) is 0 Å². The summed E-state index contributed by atoms with van der Waals surface area (Å²) in [4.78, 5) is 25.0. The first kappa shape index (κ1) is 21.0. The zero-order valence-corrected chi connectivity index (χ0v) is 16.8. The van der Waals surface area contributed by atoms with E-state index in [2.05, 4.69) is 25.6 Å². The summed E-state index contributed by atoms with van der Waals surface area (Å²) in [6.45, 7) is 1.86. The van der Waals surface area contributed by atoms with Crippen LogP contribution in [0.3, 0.4) is 0 Å². The average Bonchev–Trinajstić information content (AvgIpc) is 3.20. The second-order valence-corrected chi connectivity index (χ2v) is 6.81. The molecule has 7 nitrogen and oxygen atoms in total. The third-order valence-electron chi connectivity index (χ3n) is 4.62. The summed E-state index contributed by atoms with van der Waals surface area (Å²) in [7, 11) is 0. The fraction of sp³-hybridized carbons (Fsp3) is 0.0909. The second kappa shape index (κ2) is 8.50. The number of carbonyl (C=O) groups is 1. The number of nitrogens with zero attached hydrogens (tertiary/aromatic N) is 4. The number of anilines is 3. The van der Waals surface area contributed by atoms with Crippen LogP contribution in [0.4, 0.5) is 30.4 Å². The van der Waals surface area contributed by atoms with Gasteiger partial charge in [0, 0.05) is 29.8 Å². The lowest BCUT2D eigenvalue weighted by Crippen LogP contribution is -2.18. The molecule has 0 spiro atoms. The molecule has 4 rings (SSSR count). The molecule has 0 aliphatic rings. The summed E-state index contributed by atoms with van der Waals surface area (Å²) in [5.74, 6) is 1.13. The zero-order chi connectivity index (χ0) is 22.7. The molecular weight excluding hydrogens is 421 g/mol. The average molecular weight is 438 g/mol. The third-order valence-corrected chi connectivity index (χ3v) is 4.62. The molecule has 162 valence electrons. The molecule has 0 radical (unpaired) electrons. The van der Waals surface area contributed by atoms with Crippen LogP contribution in [0.1, 0.15) is 21.7 Å². The van der Waals surface area contributed by atoms with Crippen LogP contribution in [-0.4, -0.2) is 25.4 Å². The number of hydrogen-bond acceptors (Lipinski definition) is 5. The predicted octanol–water partition coefficient (Wildman–Crippen LogP) is 4.99. The smallest absolute Gasteiger partial charge is 0.340 e. The molecule has 1 amide bonds. The van der Waals surface area contributed by atoms with Gasteiger partial charge in [-0.05, 0) is 43.3 Å². The molecule has 2 heterocycles. The van der Waals surface area contributed by atoms with Crippen LogP contribution in [-0.2, 0) is 6.18 Å². The number of rotatable bonds is 5. The van der Waals surface area contributed by atoms with Crippen molar-refractivity contribution < 1.29 is 18.0 Å². The van der Waals surface area contributed by atoms with Gasteiger partial charge >= 0.3 is 6.18 Å². The van der Waals surface area contributed by atoms with E-state index >= 15 is 0 Å². The van der Waals surface area contributed by atoms with Crippen molar-refractivity contribution in [2.24, 2.45) is 0 Å². The number of aryl methyl sites for hydroxylation is 1. The van der Waals surface area contributed by atoms with E-state index < -0.39 is 23.2 Å². The number of benzene rings is 2. The fourth-order valence-electron chi connectivity index (χ4n) is 3.08. The summed E-state index contributed by atoms with van der Waals surface area (Å²) in [5, 5.41) is 5.61. The third kappa shape index (κ3) is 4.59. The van der Waals surface area contributed by atoms with Crippen molar-refractivity contribution in [2.45, 2.75) is 13.1 Å². The lowest BCUT2D eigenvalue weighted by atomic mass is 10.1. The highest BCUT2D eigenvalue weighted by molar-refractivity contribution is 6.05. The van der Waals surface area contributed by atoms with Gasteiger partial charge in [0.25, 0.3) is 5.91 Å². The van der Waals surface area contributed by atoms with Crippen LogP contribution in [0.25, 0.3) is 5.82 Å². The van der Waals surface area contributed by atoms with E-state index in [1.165, 1.54) is 18.5 Å². The number of amides is 1. The van der Waals surface area contributed by atoms with Crippen LogP contribution in [0, 0.1) is 6.92 Å². The van der Waals surface area contributed by atoms with Crippen molar-refractivity contribution in [3.63, 3.8) is 0 Å². The lowest BCUT2D eigenvalue weighted by Gasteiger charge is -2.13. The molecule has 2 aromatic heterocycles. The molecule has 0 saturated heterocycles. The van der Waals surface area contributed by atoms with Crippen LogP contribution < -0.4 is 10.6 Å². The Morgan fingerprint density at radius 3 is 2.38 bits per heavy atom. The largest absolute Gasteiger partial charge is 0.417 e. The summed E-state index contributed by atoms with van der Waals surface area (Å²) in [6, 6.07) is 12.9. The van der Waals surface area contributed by atoms with Crippen molar-refractivity contribution in [3.05, 3.63) is 90.3 Å². The second-order valence-electron chi connectivity index (χ2n) is 6.81. The Morgan fingerprint density at radius 1 is 0.969 bits per heavy atom. The van der Waals surface area contributed by atoms with E-state index in [4.69, 9.17) is 0 Å². The normalized spacial score (nSPS) is 11.2. The van der Waals surface area contributed by atoms with Gasteiger partial charge in [-0.3, -0.25) is 9.36 Å². The molecule has 0 atom stereocenters. The molecule has 0 saturated carbocycles. The van der Waals surface area contributed by atoms with Gasteiger partial charge in [0.2, 0.25) is 0 Å². The summed E-state index contributed by atoms with van der Waals surface area (Å²) in [6.07, 6.45) is 0.262. The molecule has 2 aromatic carbocycles.